The lowest BCUT2D eigenvalue weighted by Gasteiger charge is -2.47. The summed E-state index contributed by atoms with van der Waals surface area (Å²) in [6.07, 6.45) is 11.2. The van der Waals surface area contributed by atoms with E-state index >= 15 is 0 Å². The Morgan fingerprint density at radius 3 is 2.47 bits per heavy atom. The molecule has 2 heteroatoms. The van der Waals surface area contributed by atoms with Crippen LogP contribution in [0.3, 0.4) is 0 Å². The maximum atomic E-state index is 3.32. The highest BCUT2D eigenvalue weighted by Crippen LogP contribution is 2.39. The molecule has 17 heavy (non-hydrogen) atoms. The molecule has 1 fully saturated rings. The summed E-state index contributed by atoms with van der Waals surface area (Å²) in [5.74, 6) is 0. The van der Waals surface area contributed by atoms with Gasteiger partial charge in [-0.1, -0.05) is 19.4 Å². The molecule has 0 amide bonds. The van der Waals surface area contributed by atoms with Gasteiger partial charge in [0.1, 0.15) is 0 Å². The number of likely N-dealkylation sites (tertiary alicyclic amines) is 1. The molecule has 0 radical (unpaired) electrons. The van der Waals surface area contributed by atoms with Crippen LogP contribution in [-0.2, 0) is 0 Å². The van der Waals surface area contributed by atoms with E-state index in [1.807, 2.05) is 0 Å². The first kappa shape index (κ1) is 12.9. The fourth-order valence-electron chi connectivity index (χ4n) is 3.47. The van der Waals surface area contributed by atoms with Gasteiger partial charge in [-0.3, -0.25) is 4.90 Å². The lowest BCUT2D eigenvalue weighted by atomic mass is 9.73. The van der Waals surface area contributed by atoms with Crippen molar-refractivity contribution < 1.29 is 0 Å². The first-order chi connectivity index (χ1) is 8.08. The second kappa shape index (κ2) is 5.01. The average molecular weight is 236 g/mol. The van der Waals surface area contributed by atoms with E-state index in [4.69, 9.17) is 0 Å². The zero-order chi connectivity index (χ0) is 12.4. The minimum atomic E-state index is 0.396. The van der Waals surface area contributed by atoms with E-state index in [1.54, 1.807) is 0 Å². The third-order valence-electron chi connectivity index (χ3n) is 4.80. The molecule has 1 saturated heterocycles. The van der Waals surface area contributed by atoms with E-state index in [2.05, 4.69) is 43.3 Å². The first-order valence-electron chi connectivity index (χ1n) is 7.24. The summed E-state index contributed by atoms with van der Waals surface area (Å²) >= 11 is 0. The van der Waals surface area contributed by atoms with E-state index < -0.39 is 0 Å². The molecule has 2 nitrogen and oxygen atoms in total. The lowest BCUT2D eigenvalue weighted by molar-refractivity contribution is 0.0427. The number of hydrogen-bond donors (Lipinski definition) is 1. The van der Waals surface area contributed by atoms with Crippen LogP contribution in [-0.4, -0.2) is 30.1 Å². The topological polar surface area (TPSA) is 15.3 Å². The van der Waals surface area contributed by atoms with Crippen molar-refractivity contribution in [3.8, 4) is 0 Å². The number of piperidine rings is 1. The Morgan fingerprint density at radius 2 is 1.94 bits per heavy atom. The standard InChI is InChI=1S/C15H28N2/c1-4-5-14(2,3)17-12-8-15(9-13-17)6-10-16-11-7-15/h6,10,16H,4-5,7-9,11-13H2,1-3H3. The summed E-state index contributed by atoms with van der Waals surface area (Å²) in [6, 6.07) is 0. The molecule has 2 aliphatic rings. The molecular formula is C15H28N2. The van der Waals surface area contributed by atoms with Crippen LogP contribution in [0.15, 0.2) is 12.3 Å². The molecule has 0 saturated carbocycles. The predicted octanol–water partition coefficient (Wildman–Crippen LogP) is 3.15. The van der Waals surface area contributed by atoms with Gasteiger partial charge < -0.3 is 5.32 Å². The normalized spacial score (nSPS) is 24.9. The van der Waals surface area contributed by atoms with Crippen LogP contribution >= 0.6 is 0 Å². The maximum Gasteiger partial charge on any atom is 0.0153 e. The van der Waals surface area contributed by atoms with Crippen molar-refractivity contribution in [1.29, 1.82) is 0 Å². The fourth-order valence-corrected chi connectivity index (χ4v) is 3.47. The Balaban J connectivity index is 1.93. The van der Waals surface area contributed by atoms with Crippen molar-refractivity contribution in [2.45, 2.75) is 58.4 Å². The summed E-state index contributed by atoms with van der Waals surface area (Å²) in [5.41, 5.74) is 0.914. The minimum absolute atomic E-state index is 0.396. The third-order valence-corrected chi connectivity index (χ3v) is 4.80. The number of hydrogen-bond acceptors (Lipinski definition) is 2. The van der Waals surface area contributed by atoms with Crippen LogP contribution in [0.1, 0.15) is 52.9 Å². The number of nitrogens with zero attached hydrogens (tertiary/aromatic N) is 1. The van der Waals surface area contributed by atoms with Crippen LogP contribution in [0.4, 0.5) is 0 Å². The van der Waals surface area contributed by atoms with Gasteiger partial charge in [-0.25, -0.2) is 0 Å². The zero-order valence-corrected chi connectivity index (χ0v) is 11.8. The van der Waals surface area contributed by atoms with Crippen LogP contribution in [0, 0.1) is 5.41 Å². The van der Waals surface area contributed by atoms with Crippen molar-refractivity contribution in [3.63, 3.8) is 0 Å². The van der Waals surface area contributed by atoms with Gasteiger partial charge in [0.15, 0.2) is 0 Å². The third kappa shape index (κ3) is 2.85. The molecule has 0 aromatic rings. The molecule has 0 aliphatic carbocycles. The molecule has 1 spiro atoms. The van der Waals surface area contributed by atoms with Crippen molar-refractivity contribution in [2.75, 3.05) is 19.6 Å². The number of allylic oxidation sites excluding steroid dienone is 1. The zero-order valence-electron chi connectivity index (χ0n) is 11.8. The van der Waals surface area contributed by atoms with Gasteiger partial charge in [-0.05, 0) is 64.2 Å². The van der Waals surface area contributed by atoms with Gasteiger partial charge in [0.05, 0.1) is 0 Å². The highest BCUT2D eigenvalue weighted by Gasteiger charge is 2.37. The van der Waals surface area contributed by atoms with Gasteiger partial charge >= 0.3 is 0 Å². The second-order valence-electron chi connectivity index (χ2n) is 6.45. The van der Waals surface area contributed by atoms with Crippen LogP contribution < -0.4 is 5.32 Å². The van der Waals surface area contributed by atoms with Crippen LogP contribution in [0.25, 0.3) is 0 Å². The highest BCUT2D eigenvalue weighted by molar-refractivity contribution is 5.06. The first-order valence-corrected chi connectivity index (χ1v) is 7.24. The number of rotatable bonds is 3. The molecule has 0 aromatic heterocycles. The van der Waals surface area contributed by atoms with Crippen molar-refractivity contribution in [1.82, 2.24) is 10.2 Å². The van der Waals surface area contributed by atoms with Gasteiger partial charge in [0.2, 0.25) is 0 Å². The van der Waals surface area contributed by atoms with Crippen molar-refractivity contribution in [3.05, 3.63) is 12.3 Å². The minimum Gasteiger partial charge on any atom is -0.391 e. The largest absolute Gasteiger partial charge is 0.391 e. The van der Waals surface area contributed by atoms with E-state index in [0.29, 0.717) is 11.0 Å². The van der Waals surface area contributed by atoms with Crippen LogP contribution in [0.2, 0.25) is 0 Å². The van der Waals surface area contributed by atoms with Crippen molar-refractivity contribution in [2.24, 2.45) is 5.41 Å². The van der Waals surface area contributed by atoms with E-state index in [9.17, 15) is 0 Å². The SMILES string of the molecule is CCCC(C)(C)N1CCC2(C=CNCC2)CC1. The van der Waals surface area contributed by atoms with Gasteiger partial charge in [-0.15, -0.1) is 0 Å². The van der Waals surface area contributed by atoms with E-state index in [0.717, 1.165) is 6.54 Å². The molecule has 98 valence electrons. The smallest absolute Gasteiger partial charge is 0.0153 e. The van der Waals surface area contributed by atoms with Gasteiger partial charge in [-0.2, -0.15) is 0 Å². The molecule has 2 rings (SSSR count). The van der Waals surface area contributed by atoms with E-state index in [-0.39, 0.29) is 0 Å². The lowest BCUT2D eigenvalue weighted by Crippen LogP contribution is -2.51. The Labute approximate surface area is 106 Å². The molecule has 2 heterocycles. The summed E-state index contributed by atoms with van der Waals surface area (Å²) in [4.78, 5) is 2.71. The summed E-state index contributed by atoms with van der Waals surface area (Å²) < 4.78 is 0. The Morgan fingerprint density at radius 1 is 1.24 bits per heavy atom. The fraction of sp³-hybridized carbons (Fsp3) is 0.867. The highest BCUT2D eigenvalue weighted by atomic mass is 15.2. The molecular weight excluding hydrogens is 208 g/mol. The molecule has 1 N–H and O–H groups in total. The molecule has 2 aliphatic heterocycles. The van der Waals surface area contributed by atoms with Crippen LogP contribution in [0.5, 0.6) is 0 Å². The Hall–Kier alpha value is -0.500. The molecule has 0 unspecified atom stereocenters. The quantitative estimate of drug-likeness (QED) is 0.810. The maximum absolute atomic E-state index is 3.32. The Kier molecular flexibility index (Phi) is 3.82. The number of nitrogens with one attached hydrogen (secondary N) is 1. The summed E-state index contributed by atoms with van der Waals surface area (Å²) in [6.45, 7) is 10.8. The van der Waals surface area contributed by atoms with Crippen molar-refractivity contribution >= 4 is 0 Å². The van der Waals surface area contributed by atoms with E-state index in [1.165, 1.54) is 45.2 Å². The summed E-state index contributed by atoms with van der Waals surface area (Å²) in [7, 11) is 0. The molecule has 0 aromatic carbocycles. The Bertz CT molecular complexity index is 273. The molecule has 0 atom stereocenters. The van der Waals surface area contributed by atoms with Gasteiger partial charge in [0, 0.05) is 12.1 Å². The monoisotopic (exact) mass is 236 g/mol. The van der Waals surface area contributed by atoms with Gasteiger partial charge in [0.25, 0.3) is 0 Å². The summed E-state index contributed by atoms with van der Waals surface area (Å²) in [5, 5.41) is 3.32. The molecule has 0 bridgehead atoms. The predicted molar refractivity (Wildman–Crippen MR) is 74.0 cm³/mol. The average Bonchev–Trinajstić information content (AvgIpc) is 2.30. The second-order valence-corrected chi connectivity index (χ2v) is 6.45.